The zero-order valence-corrected chi connectivity index (χ0v) is 12.9. The molecule has 4 rings (SSSR count). The van der Waals surface area contributed by atoms with E-state index in [9.17, 15) is 9.59 Å². The van der Waals surface area contributed by atoms with Gasteiger partial charge in [0.05, 0.1) is 11.2 Å². The fourth-order valence-corrected chi connectivity index (χ4v) is 3.05. The highest BCUT2D eigenvalue weighted by Gasteiger charge is 2.15. The molecule has 0 fully saturated rings. The number of H-pyrrole nitrogens is 2. The highest BCUT2D eigenvalue weighted by Crippen LogP contribution is 2.27. The SMILES string of the molecule is Cc1cccc(-n2c(=O)[nH]c(=O)c3[nH]c4ccc(Cl)cc4c32)c1. The fourth-order valence-electron chi connectivity index (χ4n) is 2.88. The van der Waals surface area contributed by atoms with Crippen molar-refractivity contribution in [3.05, 3.63) is 73.9 Å². The predicted octanol–water partition coefficient (Wildman–Crippen LogP) is 3.12. The summed E-state index contributed by atoms with van der Waals surface area (Å²) in [6, 6.07) is 12.8. The van der Waals surface area contributed by atoms with Crippen LogP contribution in [0.3, 0.4) is 0 Å². The molecule has 0 aliphatic rings. The summed E-state index contributed by atoms with van der Waals surface area (Å²) in [6.45, 7) is 1.95. The summed E-state index contributed by atoms with van der Waals surface area (Å²) < 4.78 is 1.50. The van der Waals surface area contributed by atoms with Crippen molar-refractivity contribution >= 4 is 33.5 Å². The van der Waals surface area contributed by atoms with E-state index in [4.69, 9.17) is 11.6 Å². The van der Waals surface area contributed by atoms with Gasteiger partial charge in [-0.05, 0) is 42.8 Å². The molecule has 0 amide bonds. The van der Waals surface area contributed by atoms with E-state index in [-0.39, 0.29) is 0 Å². The maximum Gasteiger partial charge on any atom is 0.333 e. The lowest BCUT2D eigenvalue weighted by molar-refractivity contribution is 0.943. The maximum absolute atomic E-state index is 12.5. The first kappa shape index (κ1) is 13.8. The Morgan fingerprint density at radius 1 is 1.04 bits per heavy atom. The Kier molecular flexibility index (Phi) is 2.92. The van der Waals surface area contributed by atoms with Gasteiger partial charge in [0.2, 0.25) is 0 Å². The summed E-state index contributed by atoms with van der Waals surface area (Å²) in [7, 11) is 0. The second-order valence-electron chi connectivity index (χ2n) is 5.47. The standard InChI is InChI=1S/C17H12ClN3O2/c1-9-3-2-4-11(7-9)21-15-12-8-10(18)5-6-13(12)19-14(15)16(22)20-17(21)23/h2-8,19H,1H3,(H,20,22,23). The number of benzene rings is 2. The Hall–Kier alpha value is -2.79. The number of hydrogen-bond donors (Lipinski definition) is 2. The average Bonchev–Trinajstić information content (AvgIpc) is 2.87. The quantitative estimate of drug-likeness (QED) is 0.564. The third kappa shape index (κ3) is 2.09. The van der Waals surface area contributed by atoms with Gasteiger partial charge in [-0.2, -0.15) is 0 Å². The topological polar surface area (TPSA) is 70.7 Å². The molecule has 6 heteroatoms. The Balaban J connectivity index is 2.27. The minimum absolute atomic E-state index is 0.350. The van der Waals surface area contributed by atoms with Gasteiger partial charge in [0.15, 0.2) is 0 Å². The first-order chi connectivity index (χ1) is 11.0. The lowest BCUT2D eigenvalue weighted by Crippen LogP contribution is -2.29. The number of aryl methyl sites for hydroxylation is 1. The first-order valence-electron chi connectivity index (χ1n) is 7.08. The Morgan fingerprint density at radius 2 is 1.87 bits per heavy atom. The van der Waals surface area contributed by atoms with E-state index in [0.717, 1.165) is 16.5 Å². The van der Waals surface area contributed by atoms with E-state index < -0.39 is 11.2 Å². The van der Waals surface area contributed by atoms with Crippen molar-refractivity contribution in [3.8, 4) is 5.69 Å². The van der Waals surface area contributed by atoms with Crippen molar-refractivity contribution in [2.45, 2.75) is 6.92 Å². The van der Waals surface area contributed by atoms with Gasteiger partial charge in [-0.3, -0.25) is 14.3 Å². The van der Waals surface area contributed by atoms with E-state index >= 15 is 0 Å². The lowest BCUT2D eigenvalue weighted by Gasteiger charge is -2.08. The molecule has 2 heterocycles. The van der Waals surface area contributed by atoms with Crippen LogP contribution in [0.25, 0.3) is 27.6 Å². The summed E-state index contributed by atoms with van der Waals surface area (Å²) in [6.07, 6.45) is 0. The van der Waals surface area contributed by atoms with Gasteiger partial charge in [-0.25, -0.2) is 4.79 Å². The molecule has 0 spiro atoms. The van der Waals surface area contributed by atoms with E-state index in [1.165, 1.54) is 4.57 Å². The van der Waals surface area contributed by atoms with E-state index in [1.807, 2.05) is 31.2 Å². The molecule has 4 aromatic rings. The zero-order chi connectivity index (χ0) is 16.1. The molecule has 0 saturated heterocycles. The van der Waals surface area contributed by atoms with Crippen molar-refractivity contribution in [2.75, 3.05) is 0 Å². The van der Waals surface area contributed by atoms with Gasteiger partial charge in [0.25, 0.3) is 5.56 Å². The van der Waals surface area contributed by atoms with Gasteiger partial charge in [-0.15, -0.1) is 0 Å². The molecule has 114 valence electrons. The van der Waals surface area contributed by atoms with Crippen LogP contribution in [0.5, 0.6) is 0 Å². The molecule has 5 nitrogen and oxygen atoms in total. The number of nitrogens with one attached hydrogen (secondary N) is 2. The van der Waals surface area contributed by atoms with Crippen molar-refractivity contribution in [3.63, 3.8) is 0 Å². The van der Waals surface area contributed by atoms with Crippen molar-refractivity contribution in [1.29, 1.82) is 0 Å². The van der Waals surface area contributed by atoms with Gasteiger partial charge in [-0.1, -0.05) is 23.7 Å². The smallest absolute Gasteiger partial charge is 0.333 e. The Morgan fingerprint density at radius 3 is 2.65 bits per heavy atom. The predicted molar refractivity (Wildman–Crippen MR) is 91.8 cm³/mol. The Bertz CT molecular complexity index is 1180. The van der Waals surface area contributed by atoms with Crippen LogP contribution in [-0.2, 0) is 0 Å². The van der Waals surface area contributed by atoms with Gasteiger partial charge < -0.3 is 4.98 Å². The van der Waals surface area contributed by atoms with Gasteiger partial charge in [0.1, 0.15) is 5.52 Å². The van der Waals surface area contributed by atoms with Gasteiger partial charge in [0, 0.05) is 15.9 Å². The van der Waals surface area contributed by atoms with Crippen molar-refractivity contribution in [1.82, 2.24) is 14.5 Å². The lowest BCUT2D eigenvalue weighted by atomic mass is 10.2. The molecule has 0 aliphatic heterocycles. The molecule has 0 radical (unpaired) electrons. The summed E-state index contributed by atoms with van der Waals surface area (Å²) in [5.74, 6) is 0. The van der Waals surface area contributed by atoms with Crippen LogP contribution in [0, 0.1) is 6.92 Å². The maximum atomic E-state index is 12.5. The number of halogens is 1. The van der Waals surface area contributed by atoms with E-state index in [2.05, 4.69) is 9.97 Å². The summed E-state index contributed by atoms with van der Waals surface area (Å²) in [5.41, 5.74) is 2.42. The molecular weight excluding hydrogens is 314 g/mol. The molecule has 0 saturated carbocycles. The van der Waals surface area contributed by atoms with Crippen molar-refractivity contribution in [2.24, 2.45) is 0 Å². The van der Waals surface area contributed by atoms with Crippen molar-refractivity contribution < 1.29 is 0 Å². The summed E-state index contributed by atoms with van der Waals surface area (Å²) >= 11 is 6.09. The molecule has 0 unspecified atom stereocenters. The fraction of sp³-hybridized carbons (Fsp3) is 0.0588. The van der Waals surface area contributed by atoms with E-state index in [1.54, 1.807) is 18.2 Å². The molecule has 2 N–H and O–H groups in total. The molecular formula is C17H12ClN3O2. The summed E-state index contributed by atoms with van der Waals surface area (Å²) in [5, 5.41) is 1.28. The zero-order valence-electron chi connectivity index (χ0n) is 12.2. The van der Waals surface area contributed by atoms with Crippen LogP contribution in [0.4, 0.5) is 0 Å². The molecule has 0 atom stereocenters. The van der Waals surface area contributed by atoms with Crippen LogP contribution in [-0.4, -0.2) is 14.5 Å². The minimum Gasteiger partial charge on any atom is -0.349 e. The molecule has 2 aromatic heterocycles. The first-order valence-corrected chi connectivity index (χ1v) is 7.46. The number of aromatic amines is 2. The van der Waals surface area contributed by atoms with Crippen LogP contribution in [0.2, 0.25) is 5.02 Å². The van der Waals surface area contributed by atoms with E-state index in [0.29, 0.717) is 21.7 Å². The number of hydrogen-bond acceptors (Lipinski definition) is 2. The van der Waals surface area contributed by atoms with Crippen LogP contribution in [0.15, 0.2) is 52.1 Å². The third-order valence-corrected chi connectivity index (χ3v) is 4.10. The Labute approximate surface area is 135 Å². The average molecular weight is 326 g/mol. The number of fused-ring (bicyclic) bond motifs is 3. The second-order valence-corrected chi connectivity index (χ2v) is 5.91. The van der Waals surface area contributed by atoms with Crippen LogP contribution in [0.1, 0.15) is 5.56 Å². The molecule has 2 aromatic carbocycles. The van der Waals surface area contributed by atoms with Crippen LogP contribution < -0.4 is 11.2 Å². The van der Waals surface area contributed by atoms with Gasteiger partial charge >= 0.3 is 5.69 Å². The highest BCUT2D eigenvalue weighted by molar-refractivity contribution is 6.31. The molecule has 0 bridgehead atoms. The summed E-state index contributed by atoms with van der Waals surface area (Å²) in [4.78, 5) is 30.1. The number of nitrogens with zero attached hydrogens (tertiary/aromatic N) is 1. The molecule has 0 aliphatic carbocycles. The molecule has 23 heavy (non-hydrogen) atoms. The number of rotatable bonds is 1. The highest BCUT2D eigenvalue weighted by atomic mass is 35.5. The largest absolute Gasteiger partial charge is 0.349 e. The number of aromatic nitrogens is 3. The second kappa shape index (κ2) is 4.86. The third-order valence-electron chi connectivity index (χ3n) is 3.87. The monoisotopic (exact) mass is 325 g/mol. The normalized spacial score (nSPS) is 11.4. The van der Waals surface area contributed by atoms with Crippen LogP contribution >= 0.6 is 11.6 Å². The minimum atomic E-state index is -0.478.